The number of nitrogens with zero attached hydrogens (tertiary/aromatic N) is 4. The van der Waals surface area contributed by atoms with Gasteiger partial charge in [0, 0.05) is 39.5 Å². The molecule has 7 nitrogen and oxygen atoms in total. The van der Waals surface area contributed by atoms with Crippen LogP contribution in [0.4, 0.5) is 10.2 Å². The molecular formula is C22H23FN4O3. The van der Waals surface area contributed by atoms with Gasteiger partial charge < -0.3 is 14.5 Å². The highest BCUT2D eigenvalue weighted by molar-refractivity contribution is 6.35. The Morgan fingerprint density at radius 3 is 2.30 bits per heavy atom. The zero-order valence-corrected chi connectivity index (χ0v) is 16.8. The summed E-state index contributed by atoms with van der Waals surface area (Å²) in [7, 11) is 1.52. The van der Waals surface area contributed by atoms with Crippen molar-refractivity contribution in [2.45, 2.75) is 0 Å². The van der Waals surface area contributed by atoms with Gasteiger partial charge in [-0.3, -0.25) is 14.5 Å². The molecule has 2 aromatic rings. The second kappa shape index (κ2) is 8.62. The molecule has 8 heteroatoms. The van der Waals surface area contributed by atoms with Crippen LogP contribution in [-0.4, -0.2) is 73.0 Å². The third-order valence-electron chi connectivity index (χ3n) is 5.36. The maximum absolute atomic E-state index is 13.4. The summed E-state index contributed by atoms with van der Waals surface area (Å²) in [6.45, 7) is 2.94. The second-order valence-electron chi connectivity index (χ2n) is 7.15. The van der Waals surface area contributed by atoms with Gasteiger partial charge in [-0.05, 0) is 29.8 Å². The Balaban J connectivity index is 1.62. The highest BCUT2D eigenvalue weighted by Gasteiger charge is 2.42. The Bertz CT molecular complexity index is 954. The van der Waals surface area contributed by atoms with Crippen LogP contribution in [0.1, 0.15) is 5.56 Å². The van der Waals surface area contributed by atoms with Crippen molar-refractivity contribution in [2.75, 3.05) is 51.3 Å². The molecule has 0 atom stereocenters. The summed E-state index contributed by atoms with van der Waals surface area (Å²) in [6, 6.07) is 11.5. The van der Waals surface area contributed by atoms with E-state index >= 15 is 0 Å². The van der Waals surface area contributed by atoms with Crippen LogP contribution in [0.2, 0.25) is 0 Å². The monoisotopic (exact) mass is 410 g/mol. The van der Waals surface area contributed by atoms with Crippen LogP contribution >= 0.6 is 0 Å². The zero-order chi connectivity index (χ0) is 21.1. The predicted molar refractivity (Wildman–Crippen MR) is 110 cm³/mol. The first-order valence-corrected chi connectivity index (χ1v) is 9.86. The number of pyridine rings is 1. The maximum atomic E-state index is 13.4. The lowest BCUT2D eigenvalue weighted by atomic mass is 10.0. The molecule has 3 heterocycles. The first kappa shape index (κ1) is 20.0. The minimum absolute atomic E-state index is 0.177. The fourth-order valence-corrected chi connectivity index (χ4v) is 3.82. The van der Waals surface area contributed by atoms with Gasteiger partial charge in [-0.2, -0.15) is 0 Å². The first-order chi connectivity index (χ1) is 14.6. The van der Waals surface area contributed by atoms with Crippen LogP contribution in [0.3, 0.4) is 0 Å². The quantitative estimate of drug-likeness (QED) is 0.677. The van der Waals surface area contributed by atoms with E-state index in [0.29, 0.717) is 43.0 Å². The number of imide groups is 1. The Labute approximate surface area is 174 Å². The molecule has 0 unspecified atom stereocenters. The van der Waals surface area contributed by atoms with E-state index in [1.165, 1.54) is 24.1 Å². The summed E-state index contributed by atoms with van der Waals surface area (Å²) in [6.07, 6.45) is 1.75. The van der Waals surface area contributed by atoms with Crippen LogP contribution in [0.15, 0.2) is 54.4 Å². The number of hydrogen-bond donors (Lipinski definition) is 0. The lowest BCUT2D eigenvalue weighted by Crippen LogP contribution is -2.48. The summed E-state index contributed by atoms with van der Waals surface area (Å²) in [4.78, 5) is 36.0. The van der Waals surface area contributed by atoms with Gasteiger partial charge in [0.05, 0.1) is 18.7 Å². The number of benzene rings is 1. The highest BCUT2D eigenvalue weighted by Crippen LogP contribution is 2.32. The van der Waals surface area contributed by atoms with Crippen molar-refractivity contribution < 1.29 is 18.7 Å². The van der Waals surface area contributed by atoms with Crippen molar-refractivity contribution in [1.29, 1.82) is 0 Å². The Hall–Kier alpha value is -3.26. The number of aromatic nitrogens is 1. The molecule has 4 rings (SSSR count). The van der Waals surface area contributed by atoms with Crippen LogP contribution in [0.5, 0.6) is 0 Å². The fourth-order valence-electron chi connectivity index (χ4n) is 3.82. The van der Waals surface area contributed by atoms with E-state index in [0.717, 1.165) is 5.82 Å². The largest absolute Gasteiger partial charge is 0.383 e. The molecule has 156 valence electrons. The summed E-state index contributed by atoms with van der Waals surface area (Å²) in [5, 5.41) is 0. The van der Waals surface area contributed by atoms with E-state index < -0.39 is 5.82 Å². The lowest BCUT2D eigenvalue weighted by molar-refractivity contribution is -0.138. The third-order valence-corrected chi connectivity index (χ3v) is 5.36. The molecule has 1 saturated heterocycles. The van der Waals surface area contributed by atoms with E-state index in [-0.39, 0.29) is 25.0 Å². The molecule has 1 aromatic carbocycles. The number of methoxy groups -OCH3 is 1. The standard InChI is InChI=1S/C22H23FN4O3/c1-30-15-14-27-21(28)19(16-5-7-17(23)8-6-16)20(22(27)29)26-12-10-25(11-13-26)18-4-2-3-9-24-18/h2-9H,10-15H2,1H3. The predicted octanol–water partition coefficient (Wildman–Crippen LogP) is 1.77. The van der Waals surface area contributed by atoms with Gasteiger partial charge in [0.25, 0.3) is 11.8 Å². The first-order valence-electron chi connectivity index (χ1n) is 9.86. The van der Waals surface area contributed by atoms with Crippen molar-refractivity contribution in [2.24, 2.45) is 0 Å². The fraction of sp³-hybridized carbons (Fsp3) is 0.318. The number of ether oxygens (including phenoxy) is 1. The number of carbonyl (C=O) groups excluding carboxylic acids is 2. The van der Waals surface area contributed by atoms with Crippen molar-refractivity contribution in [1.82, 2.24) is 14.8 Å². The Morgan fingerprint density at radius 2 is 1.67 bits per heavy atom. The summed E-state index contributed by atoms with van der Waals surface area (Å²) in [5.41, 5.74) is 1.24. The van der Waals surface area contributed by atoms with Gasteiger partial charge >= 0.3 is 0 Å². The Morgan fingerprint density at radius 1 is 0.967 bits per heavy atom. The second-order valence-corrected chi connectivity index (χ2v) is 7.15. The van der Waals surface area contributed by atoms with Gasteiger partial charge in [0.1, 0.15) is 17.3 Å². The van der Waals surface area contributed by atoms with E-state index in [4.69, 9.17) is 4.74 Å². The van der Waals surface area contributed by atoms with Crippen molar-refractivity contribution in [3.63, 3.8) is 0 Å². The number of hydrogen-bond acceptors (Lipinski definition) is 6. The zero-order valence-electron chi connectivity index (χ0n) is 16.8. The number of amides is 2. The van der Waals surface area contributed by atoms with Crippen molar-refractivity contribution in [3.05, 3.63) is 65.7 Å². The topological polar surface area (TPSA) is 66.0 Å². The molecule has 0 saturated carbocycles. The summed E-state index contributed by atoms with van der Waals surface area (Å²) in [5.74, 6) is -0.202. The lowest BCUT2D eigenvalue weighted by Gasteiger charge is -2.37. The highest BCUT2D eigenvalue weighted by atomic mass is 19.1. The molecule has 2 aliphatic heterocycles. The van der Waals surface area contributed by atoms with Gasteiger partial charge in [-0.1, -0.05) is 18.2 Å². The van der Waals surface area contributed by atoms with Crippen LogP contribution in [0, 0.1) is 5.82 Å². The number of rotatable bonds is 6. The number of carbonyl (C=O) groups is 2. The SMILES string of the molecule is COCCN1C(=O)C(c2ccc(F)cc2)=C(N2CCN(c3ccccn3)CC2)C1=O. The molecule has 0 N–H and O–H groups in total. The van der Waals surface area contributed by atoms with Crippen LogP contribution < -0.4 is 4.90 Å². The molecule has 1 aromatic heterocycles. The van der Waals surface area contributed by atoms with Crippen molar-refractivity contribution >= 4 is 23.2 Å². The van der Waals surface area contributed by atoms with E-state index in [1.807, 2.05) is 23.1 Å². The normalized spacial score (nSPS) is 17.3. The smallest absolute Gasteiger partial charge is 0.277 e. The number of anilines is 1. The summed E-state index contributed by atoms with van der Waals surface area (Å²) < 4.78 is 18.5. The Kier molecular flexibility index (Phi) is 5.76. The average molecular weight is 410 g/mol. The molecule has 0 spiro atoms. The van der Waals surface area contributed by atoms with Gasteiger partial charge in [-0.25, -0.2) is 9.37 Å². The molecule has 0 aliphatic carbocycles. The molecular weight excluding hydrogens is 387 g/mol. The molecule has 1 fully saturated rings. The van der Waals surface area contributed by atoms with Gasteiger partial charge in [0.15, 0.2) is 0 Å². The molecule has 30 heavy (non-hydrogen) atoms. The molecule has 0 radical (unpaired) electrons. The van der Waals surface area contributed by atoms with E-state index in [2.05, 4.69) is 9.88 Å². The van der Waals surface area contributed by atoms with Crippen molar-refractivity contribution in [3.8, 4) is 0 Å². The minimum atomic E-state index is -0.391. The van der Waals surface area contributed by atoms with Gasteiger partial charge in [-0.15, -0.1) is 0 Å². The van der Waals surface area contributed by atoms with Gasteiger partial charge in [0.2, 0.25) is 0 Å². The third kappa shape index (κ3) is 3.78. The van der Waals surface area contributed by atoms with E-state index in [1.54, 1.807) is 18.3 Å². The maximum Gasteiger partial charge on any atom is 0.277 e. The molecule has 0 bridgehead atoms. The number of piperazine rings is 1. The average Bonchev–Trinajstić information content (AvgIpc) is 3.03. The summed E-state index contributed by atoms with van der Waals surface area (Å²) >= 11 is 0. The van der Waals surface area contributed by atoms with Crippen LogP contribution in [-0.2, 0) is 14.3 Å². The molecule has 2 amide bonds. The molecule has 2 aliphatic rings. The number of halogens is 1. The van der Waals surface area contributed by atoms with Crippen LogP contribution in [0.25, 0.3) is 5.57 Å². The van der Waals surface area contributed by atoms with E-state index in [9.17, 15) is 14.0 Å². The minimum Gasteiger partial charge on any atom is -0.383 e.